The number of rotatable bonds is 4. The third-order valence-corrected chi connectivity index (χ3v) is 3.26. The average Bonchev–Trinajstić information content (AvgIpc) is 2.37. The van der Waals surface area contributed by atoms with Crippen LogP contribution in [0, 0.1) is 18.2 Å². The molecule has 2 aromatic carbocycles. The van der Waals surface area contributed by atoms with Gasteiger partial charge in [-0.2, -0.15) is 0 Å². The molecule has 0 saturated heterocycles. The van der Waals surface area contributed by atoms with Gasteiger partial charge in [-0.15, -0.1) is 0 Å². The maximum Gasteiger partial charge on any atom is 0.141 e. The predicted octanol–water partition coefficient (Wildman–Crippen LogP) is 4.33. The molecule has 0 radical (unpaired) electrons. The van der Waals surface area contributed by atoms with Gasteiger partial charge in [0.25, 0.3) is 0 Å². The lowest BCUT2D eigenvalue weighted by atomic mass is 10.0. The summed E-state index contributed by atoms with van der Waals surface area (Å²) in [6.45, 7) is 6.10. The zero-order valence-electron chi connectivity index (χ0n) is 12.4. The Labute approximate surface area is 124 Å². The van der Waals surface area contributed by atoms with Crippen molar-refractivity contribution >= 4 is 5.84 Å². The first-order valence-corrected chi connectivity index (χ1v) is 6.81. The SMILES string of the molecule is Cc1ccc(C(C)C)c(Oc2cccc(F)c2C(=N)N)c1. The molecule has 0 spiro atoms. The Balaban J connectivity index is 2.50. The summed E-state index contributed by atoms with van der Waals surface area (Å²) >= 11 is 0. The number of nitrogens with two attached hydrogens (primary N) is 1. The van der Waals surface area contributed by atoms with E-state index in [1.807, 2.05) is 25.1 Å². The molecule has 0 aliphatic rings. The molecule has 0 atom stereocenters. The van der Waals surface area contributed by atoms with Gasteiger partial charge >= 0.3 is 0 Å². The lowest BCUT2D eigenvalue weighted by molar-refractivity contribution is 0.466. The lowest BCUT2D eigenvalue weighted by Crippen LogP contribution is -2.14. The topological polar surface area (TPSA) is 59.1 Å². The standard InChI is InChI=1S/C17H19FN2O/c1-10(2)12-8-7-11(3)9-15(12)21-14-6-4-5-13(18)16(14)17(19)20/h4-10H,1-3H3,(H3,19,20). The summed E-state index contributed by atoms with van der Waals surface area (Å²) in [5.74, 6) is 0.295. The number of hydrogen-bond acceptors (Lipinski definition) is 2. The molecule has 0 aliphatic heterocycles. The second-order valence-electron chi connectivity index (χ2n) is 5.32. The van der Waals surface area contributed by atoms with Gasteiger partial charge in [0, 0.05) is 0 Å². The summed E-state index contributed by atoms with van der Waals surface area (Å²) in [5, 5.41) is 7.52. The number of benzene rings is 2. The van der Waals surface area contributed by atoms with Crippen molar-refractivity contribution in [1.82, 2.24) is 0 Å². The number of aryl methyl sites for hydroxylation is 1. The first kappa shape index (κ1) is 15.0. The highest BCUT2D eigenvalue weighted by Gasteiger charge is 2.15. The molecular formula is C17H19FN2O. The molecule has 0 amide bonds. The molecule has 0 aromatic heterocycles. The van der Waals surface area contributed by atoms with E-state index in [4.69, 9.17) is 15.9 Å². The van der Waals surface area contributed by atoms with Crippen LogP contribution >= 0.6 is 0 Å². The molecule has 0 bridgehead atoms. The molecule has 3 nitrogen and oxygen atoms in total. The first-order valence-electron chi connectivity index (χ1n) is 6.81. The summed E-state index contributed by atoms with van der Waals surface area (Å²) in [7, 11) is 0. The first-order chi connectivity index (χ1) is 9.90. The maximum absolute atomic E-state index is 13.8. The van der Waals surface area contributed by atoms with Crippen LogP contribution in [0.1, 0.15) is 36.5 Å². The largest absolute Gasteiger partial charge is 0.456 e. The molecular weight excluding hydrogens is 267 g/mol. The van der Waals surface area contributed by atoms with Crippen molar-refractivity contribution in [2.24, 2.45) is 5.73 Å². The molecule has 0 saturated carbocycles. The van der Waals surface area contributed by atoms with E-state index in [9.17, 15) is 4.39 Å². The number of halogens is 1. The minimum absolute atomic E-state index is 0.00582. The van der Waals surface area contributed by atoms with E-state index >= 15 is 0 Å². The van der Waals surface area contributed by atoms with Crippen LogP contribution in [0.25, 0.3) is 0 Å². The Hall–Kier alpha value is -2.36. The van der Waals surface area contributed by atoms with Crippen molar-refractivity contribution in [1.29, 1.82) is 5.41 Å². The van der Waals surface area contributed by atoms with Crippen LogP contribution in [-0.4, -0.2) is 5.84 Å². The molecule has 21 heavy (non-hydrogen) atoms. The van der Waals surface area contributed by atoms with Crippen molar-refractivity contribution in [2.45, 2.75) is 26.7 Å². The highest BCUT2D eigenvalue weighted by molar-refractivity contribution is 5.98. The van der Waals surface area contributed by atoms with Crippen LogP contribution in [0.2, 0.25) is 0 Å². The van der Waals surface area contributed by atoms with Crippen LogP contribution in [0.15, 0.2) is 36.4 Å². The lowest BCUT2D eigenvalue weighted by Gasteiger charge is -2.16. The fourth-order valence-electron chi connectivity index (χ4n) is 2.18. The van der Waals surface area contributed by atoms with Crippen LogP contribution in [0.5, 0.6) is 11.5 Å². The fourth-order valence-corrected chi connectivity index (χ4v) is 2.18. The Morgan fingerprint density at radius 2 is 1.90 bits per heavy atom. The minimum atomic E-state index is -0.557. The van der Waals surface area contributed by atoms with Gasteiger partial charge in [0.15, 0.2) is 0 Å². The summed E-state index contributed by atoms with van der Waals surface area (Å²) in [4.78, 5) is 0. The van der Waals surface area contributed by atoms with Crippen molar-refractivity contribution in [3.63, 3.8) is 0 Å². The van der Waals surface area contributed by atoms with Crippen molar-refractivity contribution < 1.29 is 9.13 Å². The quantitative estimate of drug-likeness (QED) is 0.649. The molecule has 3 N–H and O–H groups in total. The van der Waals surface area contributed by atoms with E-state index in [1.165, 1.54) is 6.07 Å². The van der Waals surface area contributed by atoms with Gasteiger partial charge in [0.05, 0.1) is 5.56 Å². The fraction of sp³-hybridized carbons (Fsp3) is 0.235. The van der Waals surface area contributed by atoms with Crippen LogP contribution < -0.4 is 10.5 Å². The molecule has 2 rings (SSSR count). The average molecular weight is 286 g/mol. The van der Waals surface area contributed by atoms with Gasteiger partial charge in [-0.05, 0) is 42.2 Å². The third-order valence-electron chi connectivity index (χ3n) is 3.26. The Kier molecular flexibility index (Phi) is 4.26. The molecule has 2 aromatic rings. The van der Waals surface area contributed by atoms with Gasteiger partial charge in [0.2, 0.25) is 0 Å². The van der Waals surface area contributed by atoms with Gasteiger partial charge in [-0.25, -0.2) is 4.39 Å². The molecule has 110 valence electrons. The molecule has 4 heteroatoms. The van der Waals surface area contributed by atoms with Gasteiger partial charge in [-0.1, -0.05) is 32.0 Å². The normalized spacial score (nSPS) is 10.7. The molecule has 0 unspecified atom stereocenters. The Bertz CT molecular complexity index is 680. The van der Waals surface area contributed by atoms with E-state index in [0.717, 1.165) is 11.1 Å². The maximum atomic E-state index is 13.8. The Morgan fingerprint density at radius 1 is 1.19 bits per heavy atom. The number of ether oxygens (including phenoxy) is 1. The van der Waals surface area contributed by atoms with E-state index in [1.54, 1.807) is 12.1 Å². The molecule has 0 heterocycles. The number of hydrogen-bond donors (Lipinski definition) is 2. The van der Waals surface area contributed by atoms with E-state index in [2.05, 4.69) is 13.8 Å². The van der Waals surface area contributed by atoms with Crippen LogP contribution in [0.3, 0.4) is 0 Å². The van der Waals surface area contributed by atoms with E-state index < -0.39 is 5.82 Å². The highest BCUT2D eigenvalue weighted by atomic mass is 19.1. The molecule has 0 fully saturated rings. The van der Waals surface area contributed by atoms with Crippen LogP contribution in [-0.2, 0) is 0 Å². The zero-order chi connectivity index (χ0) is 15.6. The number of amidine groups is 1. The molecule has 0 aliphatic carbocycles. The second kappa shape index (κ2) is 5.95. The smallest absolute Gasteiger partial charge is 0.141 e. The summed E-state index contributed by atoms with van der Waals surface area (Å²) in [5.41, 5.74) is 7.53. The minimum Gasteiger partial charge on any atom is -0.456 e. The van der Waals surface area contributed by atoms with E-state index in [-0.39, 0.29) is 23.1 Å². The second-order valence-corrected chi connectivity index (χ2v) is 5.32. The van der Waals surface area contributed by atoms with Crippen molar-refractivity contribution in [3.05, 3.63) is 58.9 Å². The van der Waals surface area contributed by atoms with Gasteiger partial charge in [0.1, 0.15) is 23.2 Å². The zero-order valence-corrected chi connectivity index (χ0v) is 12.4. The number of nitrogens with one attached hydrogen (secondary N) is 1. The van der Waals surface area contributed by atoms with Gasteiger partial charge in [-0.3, -0.25) is 5.41 Å². The third kappa shape index (κ3) is 3.21. The van der Waals surface area contributed by atoms with Crippen molar-refractivity contribution in [3.8, 4) is 11.5 Å². The summed E-state index contributed by atoms with van der Waals surface area (Å²) in [6, 6.07) is 10.4. The summed E-state index contributed by atoms with van der Waals surface area (Å²) < 4.78 is 19.7. The Morgan fingerprint density at radius 3 is 2.52 bits per heavy atom. The predicted molar refractivity (Wildman–Crippen MR) is 82.8 cm³/mol. The number of nitrogen functional groups attached to an aromatic ring is 1. The highest BCUT2D eigenvalue weighted by Crippen LogP contribution is 2.33. The van der Waals surface area contributed by atoms with Crippen molar-refractivity contribution in [2.75, 3.05) is 0 Å². The van der Waals surface area contributed by atoms with Gasteiger partial charge < -0.3 is 10.5 Å². The van der Waals surface area contributed by atoms with E-state index in [0.29, 0.717) is 5.75 Å². The monoisotopic (exact) mass is 286 g/mol. The summed E-state index contributed by atoms with van der Waals surface area (Å²) in [6.07, 6.45) is 0. The van der Waals surface area contributed by atoms with Crippen LogP contribution in [0.4, 0.5) is 4.39 Å².